The number of benzene rings is 2. The summed E-state index contributed by atoms with van der Waals surface area (Å²) in [5, 5.41) is 8.94. The van der Waals surface area contributed by atoms with Crippen molar-refractivity contribution < 1.29 is 13.2 Å². The highest BCUT2D eigenvalue weighted by molar-refractivity contribution is 7.90. The van der Waals surface area contributed by atoms with Crippen molar-refractivity contribution in [3.63, 3.8) is 0 Å². The number of fused-ring (bicyclic) bond motifs is 1. The summed E-state index contributed by atoms with van der Waals surface area (Å²) in [5.74, 6) is -0.557. The molecule has 28 heavy (non-hydrogen) atoms. The fraction of sp³-hybridized carbons (Fsp3) is 0.158. The average molecular weight is 398 g/mol. The normalized spacial score (nSPS) is 12.2. The van der Waals surface area contributed by atoms with Crippen LogP contribution in [0.2, 0.25) is 0 Å². The maximum Gasteiger partial charge on any atom is 0.292 e. The van der Waals surface area contributed by atoms with E-state index in [1.165, 1.54) is 19.2 Å². The van der Waals surface area contributed by atoms with Gasteiger partial charge in [-0.05, 0) is 30.7 Å². The Kier molecular flexibility index (Phi) is 5.10. The summed E-state index contributed by atoms with van der Waals surface area (Å²) in [7, 11) is -1.81. The van der Waals surface area contributed by atoms with Crippen molar-refractivity contribution in [2.24, 2.45) is 12.1 Å². The number of hydrazone groups is 1. The van der Waals surface area contributed by atoms with Crippen molar-refractivity contribution in [1.29, 1.82) is 0 Å². The zero-order valence-corrected chi connectivity index (χ0v) is 16.3. The second-order valence-corrected chi connectivity index (χ2v) is 8.27. The Morgan fingerprint density at radius 1 is 1.07 bits per heavy atom. The van der Waals surface area contributed by atoms with Gasteiger partial charge in [-0.3, -0.25) is 9.59 Å². The van der Waals surface area contributed by atoms with E-state index in [2.05, 4.69) is 15.6 Å². The maximum atomic E-state index is 12.6. The minimum Gasteiger partial charge on any atom is -0.267 e. The van der Waals surface area contributed by atoms with Crippen LogP contribution in [-0.2, 0) is 16.9 Å². The van der Waals surface area contributed by atoms with E-state index in [9.17, 15) is 18.0 Å². The summed E-state index contributed by atoms with van der Waals surface area (Å²) in [6.07, 6.45) is 1.13. The first-order valence-corrected chi connectivity index (χ1v) is 10.2. The molecule has 0 unspecified atom stereocenters. The lowest BCUT2D eigenvalue weighted by Crippen LogP contribution is -2.27. The number of rotatable bonds is 4. The Labute approximate surface area is 161 Å². The molecule has 0 aliphatic rings. The molecule has 1 heterocycles. The molecule has 144 valence electrons. The van der Waals surface area contributed by atoms with Crippen LogP contribution < -0.4 is 11.0 Å². The third-order valence-corrected chi connectivity index (χ3v) is 5.33. The van der Waals surface area contributed by atoms with Gasteiger partial charge in [0.05, 0.1) is 16.0 Å². The van der Waals surface area contributed by atoms with Crippen LogP contribution >= 0.6 is 0 Å². The number of nitrogens with zero attached hydrogens (tertiary/aromatic N) is 3. The first-order chi connectivity index (χ1) is 13.2. The largest absolute Gasteiger partial charge is 0.292 e. The van der Waals surface area contributed by atoms with Gasteiger partial charge in [0.2, 0.25) is 0 Å². The fourth-order valence-electron chi connectivity index (χ4n) is 2.66. The monoisotopic (exact) mass is 398 g/mol. The number of amides is 1. The van der Waals surface area contributed by atoms with Crippen LogP contribution in [0.1, 0.15) is 23.0 Å². The van der Waals surface area contributed by atoms with E-state index in [4.69, 9.17) is 0 Å². The van der Waals surface area contributed by atoms with Gasteiger partial charge in [-0.2, -0.15) is 10.2 Å². The van der Waals surface area contributed by atoms with Gasteiger partial charge in [-0.15, -0.1) is 0 Å². The van der Waals surface area contributed by atoms with Crippen LogP contribution in [0.25, 0.3) is 10.8 Å². The smallest absolute Gasteiger partial charge is 0.267 e. The van der Waals surface area contributed by atoms with Gasteiger partial charge in [0, 0.05) is 18.7 Å². The lowest BCUT2D eigenvalue weighted by Gasteiger charge is -2.07. The van der Waals surface area contributed by atoms with Crippen LogP contribution in [0, 0.1) is 0 Å². The quantitative estimate of drug-likeness (QED) is 0.529. The molecule has 9 heteroatoms. The highest BCUT2D eigenvalue weighted by atomic mass is 32.2. The Hall–Kier alpha value is -3.33. The molecule has 0 atom stereocenters. The van der Waals surface area contributed by atoms with Crippen molar-refractivity contribution >= 4 is 32.2 Å². The molecule has 0 fully saturated rings. The molecule has 1 amide bonds. The molecule has 3 rings (SSSR count). The summed E-state index contributed by atoms with van der Waals surface area (Å²) in [6, 6.07) is 12.9. The Morgan fingerprint density at radius 3 is 2.29 bits per heavy atom. The predicted octanol–water partition coefficient (Wildman–Crippen LogP) is 1.49. The van der Waals surface area contributed by atoms with Gasteiger partial charge in [0.15, 0.2) is 15.5 Å². The number of aromatic nitrogens is 2. The van der Waals surface area contributed by atoms with E-state index in [0.29, 0.717) is 22.0 Å². The Balaban J connectivity index is 1.89. The highest BCUT2D eigenvalue weighted by Crippen LogP contribution is 2.13. The minimum atomic E-state index is -3.28. The van der Waals surface area contributed by atoms with Gasteiger partial charge in [0.25, 0.3) is 11.5 Å². The van der Waals surface area contributed by atoms with Crippen LogP contribution in [0.4, 0.5) is 0 Å². The Morgan fingerprint density at radius 2 is 1.68 bits per heavy atom. The fourth-order valence-corrected chi connectivity index (χ4v) is 3.29. The van der Waals surface area contributed by atoms with Crippen molar-refractivity contribution in [3.8, 4) is 0 Å². The van der Waals surface area contributed by atoms with E-state index in [0.717, 1.165) is 10.9 Å². The van der Waals surface area contributed by atoms with Gasteiger partial charge < -0.3 is 0 Å². The summed E-state index contributed by atoms with van der Waals surface area (Å²) in [5.41, 5.74) is 3.37. The lowest BCUT2D eigenvalue weighted by atomic mass is 10.1. The molecule has 0 aliphatic heterocycles. The van der Waals surface area contributed by atoms with Crippen molar-refractivity contribution in [2.45, 2.75) is 11.8 Å². The molecule has 0 bridgehead atoms. The molecule has 0 aliphatic carbocycles. The topological polar surface area (TPSA) is 110 Å². The van der Waals surface area contributed by atoms with Gasteiger partial charge in [-0.1, -0.05) is 30.3 Å². The molecule has 1 aromatic heterocycles. The molecule has 0 radical (unpaired) electrons. The first-order valence-electron chi connectivity index (χ1n) is 8.29. The maximum absolute atomic E-state index is 12.6. The average Bonchev–Trinajstić information content (AvgIpc) is 2.68. The molecule has 2 aromatic carbocycles. The molecule has 0 spiro atoms. The van der Waals surface area contributed by atoms with E-state index >= 15 is 0 Å². The molecule has 0 saturated carbocycles. The summed E-state index contributed by atoms with van der Waals surface area (Å²) < 4.78 is 24.2. The highest BCUT2D eigenvalue weighted by Gasteiger charge is 2.15. The first kappa shape index (κ1) is 19.4. The number of sulfone groups is 1. The standard InChI is InChI=1S/C19H18N4O4S/c1-12(13-8-10-14(11-9-13)28(3,26)27)20-21-18(24)17-15-6-4-5-7-16(15)19(25)23(2)22-17/h4-11H,1-3H3,(H,21,24)/b20-12-. The third kappa shape index (κ3) is 3.84. The van der Waals surface area contributed by atoms with Crippen molar-refractivity contribution in [2.75, 3.05) is 6.26 Å². The molecule has 0 saturated heterocycles. The van der Waals surface area contributed by atoms with Crippen LogP contribution in [0.5, 0.6) is 0 Å². The molecule has 8 nitrogen and oxygen atoms in total. The zero-order chi connectivity index (χ0) is 20.5. The van der Waals surface area contributed by atoms with Crippen LogP contribution in [0.3, 0.4) is 0 Å². The van der Waals surface area contributed by atoms with Gasteiger partial charge in [0.1, 0.15) is 0 Å². The number of nitrogens with one attached hydrogen (secondary N) is 1. The number of carbonyl (C=O) groups is 1. The molecular weight excluding hydrogens is 380 g/mol. The van der Waals surface area contributed by atoms with E-state index in [1.54, 1.807) is 43.3 Å². The third-order valence-electron chi connectivity index (χ3n) is 4.20. The van der Waals surface area contributed by atoms with Gasteiger partial charge >= 0.3 is 0 Å². The SMILES string of the molecule is C/C(=N/NC(=O)c1nn(C)c(=O)c2ccccc12)c1ccc(S(C)(=O)=O)cc1. The molecular formula is C19H18N4O4S. The molecule has 3 aromatic rings. The van der Waals surface area contributed by atoms with Crippen LogP contribution in [-0.4, -0.2) is 36.1 Å². The van der Waals surface area contributed by atoms with E-state index in [1.807, 2.05) is 0 Å². The zero-order valence-electron chi connectivity index (χ0n) is 15.5. The lowest BCUT2D eigenvalue weighted by molar-refractivity contribution is 0.0949. The number of hydrogen-bond acceptors (Lipinski definition) is 6. The second kappa shape index (κ2) is 7.35. The summed E-state index contributed by atoms with van der Waals surface area (Å²) in [4.78, 5) is 24.9. The molecule has 1 N–H and O–H groups in total. The van der Waals surface area contributed by atoms with Crippen molar-refractivity contribution in [1.82, 2.24) is 15.2 Å². The minimum absolute atomic E-state index is 0.0849. The summed E-state index contributed by atoms with van der Waals surface area (Å²) in [6.45, 7) is 1.68. The van der Waals surface area contributed by atoms with Gasteiger partial charge in [-0.25, -0.2) is 18.5 Å². The van der Waals surface area contributed by atoms with Crippen LogP contribution in [0.15, 0.2) is 63.3 Å². The van der Waals surface area contributed by atoms with E-state index < -0.39 is 15.7 Å². The predicted molar refractivity (Wildman–Crippen MR) is 106 cm³/mol. The summed E-state index contributed by atoms with van der Waals surface area (Å²) >= 11 is 0. The number of hydrogen-bond donors (Lipinski definition) is 1. The number of carbonyl (C=O) groups excluding carboxylic acids is 1. The van der Waals surface area contributed by atoms with Crippen molar-refractivity contribution in [3.05, 3.63) is 70.1 Å². The Bertz CT molecular complexity index is 1260. The van der Waals surface area contributed by atoms with E-state index in [-0.39, 0.29) is 16.1 Å². The second-order valence-electron chi connectivity index (χ2n) is 6.26. The number of aryl methyl sites for hydroxylation is 1.